The third-order valence-corrected chi connectivity index (χ3v) is 7.52. The Morgan fingerprint density at radius 3 is 2.75 bits per heavy atom. The number of pyridine rings is 1. The van der Waals surface area contributed by atoms with E-state index in [-0.39, 0.29) is 11.7 Å². The first kappa shape index (κ1) is 23.3. The first-order chi connectivity index (χ1) is 17.3. The monoisotopic (exact) mass is 516 g/mol. The molecular formula is C25H27ClF2N6O2. The van der Waals surface area contributed by atoms with Crippen molar-refractivity contribution in [3.63, 3.8) is 0 Å². The van der Waals surface area contributed by atoms with Crippen molar-refractivity contribution in [1.82, 2.24) is 14.5 Å². The van der Waals surface area contributed by atoms with Gasteiger partial charge in [-0.3, -0.25) is 4.79 Å². The van der Waals surface area contributed by atoms with E-state index in [4.69, 9.17) is 16.3 Å². The molecule has 1 saturated carbocycles. The van der Waals surface area contributed by atoms with Crippen molar-refractivity contribution in [3.05, 3.63) is 39.8 Å². The van der Waals surface area contributed by atoms with Crippen LogP contribution in [0.4, 0.5) is 31.9 Å². The zero-order valence-electron chi connectivity index (χ0n) is 19.9. The Bertz CT molecular complexity index is 1390. The van der Waals surface area contributed by atoms with Crippen LogP contribution in [0.15, 0.2) is 29.2 Å². The molecule has 6 rings (SSSR count). The number of aromatic nitrogens is 3. The average Bonchev–Trinajstić information content (AvgIpc) is 3.72. The molecule has 3 aliphatic rings. The van der Waals surface area contributed by atoms with Gasteiger partial charge in [-0.1, -0.05) is 11.6 Å². The molecule has 1 saturated heterocycles. The smallest absolute Gasteiger partial charge is 0.301 e. The largest absolute Gasteiger partial charge is 0.480 e. The summed E-state index contributed by atoms with van der Waals surface area (Å²) in [5, 5.41) is 7.22. The maximum Gasteiger partial charge on any atom is 0.301 e. The van der Waals surface area contributed by atoms with E-state index in [0.29, 0.717) is 39.1 Å². The fourth-order valence-corrected chi connectivity index (χ4v) is 5.25. The zero-order valence-corrected chi connectivity index (χ0v) is 20.6. The number of ether oxygens (including phenoxy) is 1. The Morgan fingerprint density at radius 1 is 1.22 bits per heavy atom. The van der Waals surface area contributed by atoms with Crippen molar-refractivity contribution >= 4 is 45.6 Å². The van der Waals surface area contributed by atoms with E-state index in [9.17, 15) is 13.6 Å². The number of nitrogens with one attached hydrogen (secondary N) is 2. The maximum atomic E-state index is 14.9. The molecule has 2 aliphatic heterocycles. The molecule has 8 nitrogen and oxygen atoms in total. The molecule has 0 spiro atoms. The molecule has 11 heteroatoms. The molecule has 1 aliphatic carbocycles. The molecule has 0 bridgehead atoms. The van der Waals surface area contributed by atoms with Crippen molar-refractivity contribution in [2.75, 3.05) is 35.2 Å². The number of anilines is 4. The van der Waals surface area contributed by atoms with Gasteiger partial charge in [0.2, 0.25) is 11.7 Å². The SMILES string of the molecule is Cn1c(=O)c2c(c3cc(Nc4nc(N5CCCCC5)ncc4Cl)ccc31)N[C@@H](C1CC1)C(F)(F)CO2. The van der Waals surface area contributed by atoms with E-state index >= 15 is 0 Å². The highest BCUT2D eigenvalue weighted by atomic mass is 35.5. The lowest BCUT2D eigenvalue weighted by Crippen LogP contribution is -2.44. The van der Waals surface area contributed by atoms with Crippen LogP contribution in [0.1, 0.15) is 32.1 Å². The third kappa shape index (κ3) is 4.11. The van der Waals surface area contributed by atoms with Crippen molar-refractivity contribution in [2.24, 2.45) is 13.0 Å². The molecule has 190 valence electrons. The highest BCUT2D eigenvalue weighted by Crippen LogP contribution is 2.45. The van der Waals surface area contributed by atoms with Crippen LogP contribution in [0.25, 0.3) is 10.9 Å². The molecule has 1 atom stereocenters. The van der Waals surface area contributed by atoms with Gasteiger partial charge in [-0.05, 0) is 56.2 Å². The van der Waals surface area contributed by atoms with Crippen molar-refractivity contribution in [2.45, 2.75) is 44.1 Å². The van der Waals surface area contributed by atoms with Gasteiger partial charge in [-0.25, -0.2) is 13.8 Å². The number of aryl methyl sites for hydroxylation is 1. The van der Waals surface area contributed by atoms with Gasteiger partial charge in [0.15, 0.2) is 12.4 Å². The highest BCUT2D eigenvalue weighted by Gasteiger charge is 2.51. The lowest BCUT2D eigenvalue weighted by atomic mass is 10.0. The van der Waals surface area contributed by atoms with Crippen LogP contribution < -0.4 is 25.8 Å². The molecular weight excluding hydrogens is 490 g/mol. The molecule has 36 heavy (non-hydrogen) atoms. The van der Waals surface area contributed by atoms with Gasteiger partial charge in [0, 0.05) is 31.2 Å². The predicted octanol–water partition coefficient (Wildman–Crippen LogP) is 4.93. The van der Waals surface area contributed by atoms with E-state index < -0.39 is 24.1 Å². The lowest BCUT2D eigenvalue weighted by Gasteiger charge is -2.27. The lowest BCUT2D eigenvalue weighted by molar-refractivity contribution is -0.0579. The number of nitrogens with zero attached hydrogens (tertiary/aromatic N) is 4. The minimum Gasteiger partial charge on any atom is -0.480 e. The Morgan fingerprint density at radius 2 is 2.00 bits per heavy atom. The number of halogens is 3. The van der Waals surface area contributed by atoms with Gasteiger partial charge >= 0.3 is 5.92 Å². The van der Waals surface area contributed by atoms with Gasteiger partial charge in [0.05, 0.1) is 23.4 Å². The van der Waals surface area contributed by atoms with Crippen molar-refractivity contribution in [3.8, 4) is 5.75 Å². The van der Waals surface area contributed by atoms with E-state index in [2.05, 4.69) is 25.5 Å². The Hall–Kier alpha value is -3.14. The standard InChI is InChI=1S/C25H27ClF2N6O2/c1-33-18-8-7-15(30-22-17(26)12-29-24(32-22)34-9-3-2-4-10-34)11-16(18)19-20(23(33)35)36-13-25(27,28)21(31-19)14-5-6-14/h7-8,11-12,14,21,31H,2-6,9-10,13H2,1H3,(H,29,30,32)/t21-/m0/s1. The summed E-state index contributed by atoms with van der Waals surface area (Å²) in [6, 6.07) is 4.29. The topological polar surface area (TPSA) is 84.3 Å². The molecule has 3 aromatic rings. The van der Waals surface area contributed by atoms with Gasteiger partial charge in [0.25, 0.3) is 5.56 Å². The highest BCUT2D eigenvalue weighted by molar-refractivity contribution is 6.32. The van der Waals surface area contributed by atoms with Crippen LogP contribution in [0, 0.1) is 5.92 Å². The minimum absolute atomic E-state index is 0.0857. The van der Waals surface area contributed by atoms with E-state index in [1.54, 1.807) is 31.4 Å². The summed E-state index contributed by atoms with van der Waals surface area (Å²) in [5.41, 5.74) is 1.09. The van der Waals surface area contributed by atoms with E-state index in [0.717, 1.165) is 38.8 Å². The van der Waals surface area contributed by atoms with Gasteiger partial charge in [0.1, 0.15) is 5.02 Å². The predicted molar refractivity (Wildman–Crippen MR) is 136 cm³/mol. The Kier molecular flexibility index (Phi) is 5.66. The fourth-order valence-electron chi connectivity index (χ4n) is 5.11. The van der Waals surface area contributed by atoms with Crippen LogP contribution in [-0.2, 0) is 7.05 Å². The van der Waals surface area contributed by atoms with Crippen LogP contribution in [0.2, 0.25) is 5.02 Å². The normalized spacial score (nSPS) is 21.3. The molecule has 2 aromatic heterocycles. The van der Waals surface area contributed by atoms with E-state index in [1.807, 2.05) is 0 Å². The van der Waals surface area contributed by atoms with Gasteiger partial charge in [-0.2, -0.15) is 4.98 Å². The summed E-state index contributed by atoms with van der Waals surface area (Å²) < 4.78 is 36.6. The summed E-state index contributed by atoms with van der Waals surface area (Å²) >= 11 is 6.41. The number of hydrogen-bond donors (Lipinski definition) is 2. The van der Waals surface area contributed by atoms with Crippen LogP contribution >= 0.6 is 11.6 Å². The minimum atomic E-state index is -3.09. The molecule has 2 fully saturated rings. The second-order valence-corrected chi connectivity index (χ2v) is 10.3. The first-order valence-corrected chi connectivity index (χ1v) is 12.7. The van der Waals surface area contributed by atoms with Gasteiger partial charge in [-0.15, -0.1) is 0 Å². The number of piperidine rings is 1. The third-order valence-electron chi connectivity index (χ3n) is 7.24. The average molecular weight is 517 g/mol. The zero-order chi connectivity index (χ0) is 25.0. The van der Waals surface area contributed by atoms with Crippen molar-refractivity contribution < 1.29 is 13.5 Å². The number of hydrogen-bond acceptors (Lipinski definition) is 7. The van der Waals surface area contributed by atoms with Gasteiger partial charge < -0.3 is 24.8 Å². The molecule has 0 unspecified atom stereocenters. The Balaban J connectivity index is 1.40. The molecule has 0 amide bonds. The van der Waals surface area contributed by atoms with E-state index in [1.165, 1.54) is 11.0 Å². The molecule has 2 N–H and O–H groups in total. The van der Waals surface area contributed by atoms with Crippen LogP contribution in [0.3, 0.4) is 0 Å². The van der Waals surface area contributed by atoms with Crippen molar-refractivity contribution in [1.29, 1.82) is 0 Å². The molecule has 1 aromatic carbocycles. The molecule has 0 radical (unpaired) electrons. The maximum absolute atomic E-state index is 14.9. The second-order valence-electron chi connectivity index (χ2n) is 9.85. The first-order valence-electron chi connectivity index (χ1n) is 12.3. The number of benzene rings is 1. The fraction of sp³-hybridized carbons (Fsp3) is 0.480. The summed E-state index contributed by atoms with van der Waals surface area (Å²) in [5.74, 6) is -2.26. The van der Waals surface area contributed by atoms with Crippen LogP contribution in [-0.4, -0.2) is 46.2 Å². The quantitative estimate of drug-likeness (QED) is 0.508. The Labute approximate surface area is 211 Å². The summed E-state index contributed by atoms with van der Waals surface area (Å²) in [4.78, 5) is 24.2. The summed E-state index contributed by atoms with van der Waals surface area (Å²) in [6.07, 6.45) is 6.42. The summed E-state index contributed by atoms with van der Waals surface area (Å²) in [6.45, 7) is 0.966. The molecule has 4 heterocycles. The number of rotatable bonds is 4. The number of fused-ring (bicyclic) bond motifs is 3. The second kappa shape index (κ2) is 8.76. The summed E-state index contributed by atoms with van der Waals surface area (Å²) in [7, 11) is 1.61. The van der Waals surface area contributed by atoms with Crippen LogP contribution in [0.5, 0.6) is 5.75 Å². The number of alkyl halides is 2.